The van der Waals surface area contributed by atoms with Crippen LogP contribution in [-0.2, 0) is 10.0 Å². The van der Waals surface area contributed by atoms with E-state index in [1.165, 1.54) is 48.7 Å². The van der Waals surface area contributed by atoms with Gasteiger partial charge in [0.15, 0.2) is 0 Å². The number of hydrogen-bond acceptors (Lipinski definition) is 5. The van der Waals surface area contributed by atoms with Gasteiger partial charge in [-0.1, -0.05) is 11.6 Å². The van der Waals surface area contributed by atoms with Gasteiger partial charge < -0.3 is 4.42 Å². The van der Waals surface area contributed by atoms with Crippen LogP contribution < -0.4 is 10.6 Å². The van der Waals surface area contributed by atoms with Gasteiger partial charge in [0.25, 0.3) is 0 Å². The molecular formula is C20H12ClFN2O4S. The molecule has 29 heavy (non-hydrogen) atoms. The Hall–Kier alpha value is -3.07. The molecule has 0 bridgehead atoms. The molecule has 0 spiro atoms. The number of primary sulfonamides is 1. The van der Waals surface area contributed by atoms with Crippen molar-refractivity contribution in [1.29, 1.82) is 0 Å². The Bertz CT molecular complexity index is 1400. The SMILES string of the molecule is NS(=O)(=O)c1ccc(-c2oc3cc(F)ccc3c(=O)c2-c2ccc(Cl)nc2)cc1. The lowest BCUT2D eigenvalue weighted by atomic mass is 9.99. The van der Waals surface area contributed by atoms with Crippen molar-refractivity contribution in [2.45, 2.75) is 4.90 Å². The Kier molecular flexibility index (Phi) is 4.70. The molecule has 0 saturated carbocycles. The molecule has 0 saturated heterocycles. The summed E-state index contributed by atoms with van der Waals surface area (Å²) in [5.41, 5.74) is 0.717. The summed E-state index contributed by atoms with van der Waals surface area (Å²) in [7, 11) is -3.88. The van der Waals surface area contributed by atoms with Crippen molar-refractivity contribution in [3.63, 3.8) is 0 Å². The maximum atomic E-state index is 13.7. The van der Waals surface area contributed by atoms with Gasteiger partial charge in [-0.05, 0) is 48.5 Å². The van der Waals surface area contributed by atoms with E-state index in [0.29, 0.717) is 11.1 Å². The first-order valence-corrected chi connectivity index (χ1v) is 10.2. The van der Waals surface area contributed by atoms with Crippen LogP contribution in [0.25, 0.3) is 33.4 Å². The fourth-order valence-electron chi connectivity index (χ4n) is 2.95. The van der Waals surface area contributed by atoms with Crippen molar-refractivity contribution in [3.05, 3.63) is 82.0 Å². The van der Waals surface area contributed by atoms with Crippen molar-refractivity contribution < 1.29 is 17.2 Å². The number of nitrogens with two attached hydrogens (primary N) is 1. The van der Waals surface area contributed by atoms with E-state index in [2.05, 4.69) is 4.98 Å². The summed E-state index contributed by atoms with van der Waals surface area (Å²) in [4.78, 5) is 17.1. The molecule has 6 nitrogen and oxygen atoms in total. The Morgan fingerprint density at radius 2 is 1.69 bits per heavy atom. The summed E-state index contributed by atoms with van der Waals surface area (Å²) in [5, 5.41) is 5.58. The molecule has 9 heteroatoms. The van der Waals surface area contributed by atoms with Crippen LogP contribution >= 0.6 is 11.6 Å². The zero-order valence-electron chi connectivity index (χ0n) is 14.6. The van der Waals surface area contributed by atoms with Gasteiger partial charge in [0.2, 0.25) is 15.5 Å². The molecule has 2 heterocycles. The number of halogens is 2. The summed E-state index contributed by atoms with van der Waals surface area (Å²) < 4.78 is 42.6. The third-order valence-corrected chi connectivity index (χ3v) is 5.47. The number of hydrogen-bond donors (Lipinski definition) is 1. The van der Waals surface area contributed by atoms with Crippen LogP contribution in [0.2, 0.25) is 5.15 Å². The Balaban J connectivity index is 2.04. The summed E-state index contributed by atoms with van der Waals surface area (Å²) in [6.45, 7) is 0. The standard InChI is InChI=1S/C20H12ClFN2O4S/c21-17-8-3-12(10-24-17)18-19(25)15-7-4-13(22)9-16(15)28-20(18)11-1-5-14(6-2-11)29(23,26)27/h1-10H,(H2,23,26,27). The molecule has 0 aliphatic carbocycles. The first-order chi connectivity index (χ1) is 13.7. The minimum absolute atomic E-state index is 0.0613. The lowest BCUT2D eigenvalue weighted by molar-refractivity contribution is 0.596. The fraction of sp³-hybridized carbons (Fsp3) is 0. The maximum Gasteiger partial charge on any atom is 0.238 e. The molecular weight excluding hydrogens is 419 g/mol. The number of nitrogens with zero attached hydrogens (tertiary/aromatic N) is 1. The molecule has 0 amide bonds. The summed E-state index contributed by atoms with van der Waals surface area (Å²) in [6.07, 6.45) is 1.42. The van der Waals surface area contributed by atoms with Crippen molar-refractivity contribution in [3.8, 4) is 22.5 Å². The second-order valence-electron chi connectivity index (χ2n) is 6.21. The Morgan fingerprint density at radius 3 is 2.31 bits per heavy atom. The van der Waals surface area contributed by atoms with Crippen molar-refractivity contribution in [1.82, 2.24) is 4.98 Å². The minimum atomic E-state index is -3.88. The predicted octanol–water partition coefficient (Wildman–Crippen LogP) is 3.96. The zero-order chi connectivity index (χ0) is 20.8. The number of fused-ring (bicyclic) bond motifs is 1. The highest BCUT2D eigenvalue weighted by Gasteiger charge is 2.19. The third-order valence-electron chi connectivity index (χ3n) is 4.32. The molecule has 0 radical (unpaired) electrons. The van der Waals surface area contributed by atoms with Gasteiger partial charge in [0.1, 0.15) is 22.3 Å². The van der Waals surface area contributed by atoms with Gasteiger partial charge in [0.05, 0.1) is 15.8 Å². The molecule has 4 aromatic rings. The van der Waals surface area contributed by atoms with Crippen LogP contribution in [-0.4, -0.2) is 13.4 Å². The lowest BCUT2D eigenvalue weighted by Gasteiger charge is -2.11. The monoisotopic (exact) mass is 430 g/mol. The summed E-state index contributed by atoms with van der Waals surface area (Å²) >= 11 is 5.85. The topological polar surface area (TPSA) is 103 Å². The van der Waals surface area contributed by atoms with Gasteiger partial charge >= 0.3 is 0 Å². The molecule has 0 fully saturated rings. The fourth-order valence-corrected chi connectivity index (χ4v) is 3.58. The minimum Gasteiger partial charge on any atom is -0.455 e. The average molecular weight is 431 g/mol. The average Bonchev–Trinajstić information content (AvgIpc) is 2.68. The molecule has 2 aromatic heterocycles. The predicted molar refractivity (Wildman–Crippen MR) is 107 cm³/mol. The number of aromatic nitrogens is 1. The summed E-state index contributed by atoms with van der Waals surface area (Å²) in [6, 6.07) is 12.3. The summed E-state index contributed by atoms with van der Waals surface area (Å²) in [5.74, 6) is -0.421. The van der Waals surface area contributed by atoms with Crippen LogP contribution in [0.5, 0.6) is 0 Å². The number of pyridine rings is 1. The first-order valence-electron chi connectivity index (χ1n) is 8.25. The van der Waals surface area contributed by atoms with Crippen molar-refractivity contribution in [2.24, 2.45) is 5.14 Å². The van der Waals surface area contributed by atoms with Gasteiger partial charge in [-0.2, -0.15) is 0 Å². The molecule has 2 N–H and O–H groups in total. The number of benzene rings is 2. The van der Waals surface area contributed by atoms with E-state index in [1.54, 1.807) is 6.07 Å². The van der Waals surface area contributed by atoms with Gasteiger partial charge in [-0.3, -0.25) is 4.79 Å². The van der Waals surface area contributed by atoms with Crippen LogP contribution in [0.3, 0.4) is 0 Å². The smallest absolute Gasteiger partial charge is 0.238 e. The maximum absolute atomic E-state index is 13.7. The molecule has 0 aliphatic heterocycles. The largest absolute Gasteiger partial charge is 0.455 e. The van der Waals surface area contributed by atoms with Gasteiger partial charge in [-0.15, -0.1) is 0 Å². The highest BCUT2D eigenvalue weighted by Crippen LogP contribution is 2.33. The van der Waals surface area contributed by atoms with Gasteiger partial charge in [-0.25, -0.2) is 22.9 Å². The Labute approximate surface area is 169 Å². The second-order valence-corrected chi connectivity index (χ2v) is 8.16. The van der Waals surface area contributed by atoms with E-state index >= 15 is 0 Å². The van der Waals surface area contributed by atoms with E-state index in [4.69, 9.17) is 21.2 Å². The van der Waals surface area contributed by atoms with E-state index in [9.17, 15) is 17.6 Å². The normalized spacial score (nSPS) is 11.7. The van der Waals surface area contributed by atoms with E-state index in [0.717, 1.165) is 6.07 Å². The lowest BCUT2D eigenvalue weighted by Crippen LogP contribution is -2.12. The second kappa shape index (κ2) is 7.07. The van der Waals surface area contributed by atoms with Crippen LogP contribution in [0.1, 0.15) is 0 Å². The first kappa shape index (κ1) is 19.3. The molecule has 2 aromatic carbocycles. The molecule has 0 unspecified atom stereocenters. The zero-order valence-corrected chi connectivity index (χ0v) is 16.2. The molecule has 4 rings (SSSR count). The third kappa shape index (κ3) is 3.65. The van der Waals surface area contributed by atoms with Crippen molar-refractivity contribution in [2.75, 3.05) is 0 Å². The highest BCUT2D eigenvalue weighted by molar-refractivity contribution is 7.89. The van der Waals surface area contributed by atoms with E-state index in [-0.39, 0.29) is 37.8 Å². The van der Waals surface area contributed by atoms with Crippen LogP contribution in [0.15, 0.2) is 74.9 Å². The van der Waals surface area contributed by atoms with Crippen LogP contribution in [0.4, 0.5) is 4.39 Å². The van der Waals surface area contributed by atoms with E-state index < -0.39 is 15.8 Å². The highest BCUT2D eigenvalue weighted by atomic mass is 35.5. The van der Waals surface area contributed by atoms with Crippen LogP contribution in [0, 0.1) is 5.82 Å². The van der Waals surface area contributed by atoms with Crippen molar-refractivity contribution >= 4 is 32.6 Å². The number of rotatable bonds is 3. The quantitative estimate of drug-likeness (QED) is 0.495. The van der Waals surface area contributed by atoms with Gasteiger partial charge in [0, 0.05) is 23.4 Å². The molecule has 0 aliphatic rings. The number of sulfonamides is 1. The molecule has 146 valence electrons. The Morgan fingerprint density at radius 1 is 1.00 bits per heavy atom. The van der Waals surface area contributed by atoms with E-state index in [1.807, 2.05) is 0 Å². The molecule has 0 atom stereocenters.